The highest BCUT2D eigenvalue weighted by atomic mass is 19.4. The van der Waals surface area contributed by atoms with Gasteiger partial charge in [-0.05, 0) is 18.2 Å². The molecule has 0 fully saturated rings. The van der Waals surface area contributed by atoms with E-state index in [1.807, 2.05) is 0 Å². The van der Waals surface area contributed by atoms with Crippen LogP contribution >= 0.6 is 0 Å². The van der Waals surface area contributed by atoms with E-state index in [2.05, 4.69) is 0 Å². The van der Waals surface area contributed by atoms with Crippen LogP contribution in [0, 0.1) is 11.3 Å². The molecule has 15 heavy (non-hydrogen) atoms. The molecule has 1 rings (SSSR count). The molecule has 1 aromatic carbocycles. The number of rotatable bonds is 2. The van der Waals surface area contributed by atoms with Crippen LogP contribution in [0.15, 0.2) is 18.2 Å². The second-order valence-electron chi connectivity index (χ2n) is 2.86. The highest BCUT2D eigenvalue weighted by Crippen LogP contribution is 2.32. The average Bonchev–Trinajstić information content (AvgIpc) is 2.17. The number of nitriles is 1. The highest BCUT2D eigenvalue weighted by Gasteiger charge is 2.31. The quantitative estimate of drug-likeness (QED) is 0.759. The molecular formula is C10H8F3NO. The number of hydrogen-bond donors (Lipinski definition) is 0. The monoisotopic (exact) mass is 215 g/mol. The van der Waals surface area contributed by atoms with Gasteiger partial charge in [0.25, 0.3) is 0 Å². The highest BCUT2D eigenvalue weighted by molar-refractivity contribution is 5.39. The van der Waals surface area contributed by atoms with Crippen molar-refractivity contribution in [2.24, 2.45) is 0 Å². The summed E-state index contributed by atoms with van der Waals surface area (Å²) in [5, 5.41) is 8.45. The van der Waals surface area contributed by atoms with E-state index in [1.54, 1.807) is 6.07 Å². The lowest BCUT2D eigenvalue weighted by molar-refractivity contribution is -0.137. The van der Waals surface area contributed by atoms with Crippen LogP contribution in [0.3, 0.4) is 0 Å². The average molecular weight is 215 g/mol. The summed E-state index contributed by atoms with van der Waals surface area (Å²) in [4.78, 5) is 0. The summed E-state index contributed by atoms with van der Waals surface area (Å²) >= 11 is 0. The van der Waals surface area contributed by atoms with Crippen molar-refractivity contribution >= 4 is 0 Å². The Kier molecular flexibility index (Phi) is 3.20. The number of benzene rings is 1. The predicted molar refractivity (Wildman–Crippen MR) is 47.3 cm³/mol. The molecule has 0 heterocycles. The summed E-state index contributed by atoms with van der Waals surface area (Å²) in [7, 11) is 1.35. The van der Waals surface area contributed by atoms with Gasteiger partial charge in [-0.3, -0.25) is 0 Å². The molecule has 0 atom stereocenters. The van der Waals surface area contributed by atoms with Crippen molar-refractivity contribution < 1.29 is 17.9 Å². The van der Waals surface area contributed by atoms with Crippen LogP contribution in [0.1, 0.15) is 11.1 Å². The lowest BCUT2D eigenvalue weighted by Crippen LogP contribution is -2.06. The van der Waals surface area contributed by atoms with E-state index in [0.717, 1.165) is 12.1 Å². The lowest BCUT2D eigenvalue weighted by atomic mass is 10.1. The number of halogens is 3. The van der Waals surface area contributed by atoms with Crippen molar-refractivity contribution in [3.05, 3.63) is 29.3 Å². The van der Waals surface area contributed by atoms with Gasteiger partial charge in [0.1, 0.15) is 5.75 Å². The van der Waals surface area contributed by atoms with Crippen LogP contribution in [0.2, 0.25) is 0 Å². The molecule has 2 nitrogen and oxygen atoms in total. The van der Waals surface area contributed by atoms with Crippen LogP contribution in [0.5, 0.6) is 5.75 Å². The minimum atomic E-state index is -4.39. The molecular weight excluding hydrogens is 207 g/mol. The van der Waals surface area contributed by atoms with E-state index < -0.39 is 11.7 Å². The Morgan fingerprint density at radius 3 is 2.53 bits per heavy atom. The molecule has 0 N–H and O–H groups in total. The van der Waals surface area contributed by atoms with Gasteiger partial charge in [-0.1, -0.05) is 0 Å². The van der Waals surface area contributed by atoms with Gasteiger partial charge in [0, 0.05) is 5.56 Å². The van der Waals surface area contributed by atoms with E-state index in [0.29, 0.717) is 5.75 Å². The molecule has 0 aliphatic rings. The van der Waals surface area contributed by atoms with Crippen molar-refractivity contribution in [2.75, 3.05) is 7.11 Å². The molecule has 80 valence electrons. The zero-order valence-electron chi connectivity index (χ0n) is 7.93. The summed E-state index contributed by atoms with van der Waals surface area (Å²) in [5.41, 5.74) is -0.525. The zero-order valence-corrected chi connectivity index (χ0v) is 7.93. The first-order chi connectivity index (χ1) is 6.99. The summed E-state index contributed by atoms with van der Waals surface area (Å²) < 4.78 is 41.8. The Morgan fingerprint density at radius 2 is 2.07 bits per heavy atom. The Morgan fingerprint density at radius 1 is 1.40 bits per heavy atom. The van der Waals surface area contributed by atoms with Gasteiger partial charge < -0.3 is 4.74 Å². The fourth-order valence-electron chi connectivity index (χ4n) is 1.18. The smallest absolute Gasteiger partial charge is 0.416 e. The van der Waals surface area contributed by atoms with E-state index in [9.17, 15) is 13.2 Å². The molecule has 0 amide bonds. The van der Waals surface area contributed by atoms with Gasteiger partial charge in [0.05, 0.1) is 25.2 Å². The number of nitrogens with zero attached hydrogens (tertiary/aromatic N) is 1. The lowest BCUT2D eigenvalue weighted by Gasteiger charge is -2.10. The third kappa shape index (κ3) is 2.62. The molecule has 0 saturated heterocycles. The van der Waals surface area contributed by atoms with Crippen LogP contribution in [0.4, 0.5) is 13.2 Å². The predicted octanol–water partition coefficient (Wildman–Crippen LogP) is 2.78. The summed E-state index contributed by atoms with van der Waals surface area (Å²) in [5.74, 6) is 0.296. The minimum absolute atomic E-state index is 0.104. The van der Waals surface area contributed by atoms with E-state index in [1.165, 1.54) is 13.2 Å². The summed E-state index contributed by atoms with van der Waals surface area (Å²) in [6.07, 6.45) is -4.50. The van der Waals surface area contributed by atoms with Gasteiger partial charge in [0.15, 0.2) is 0 Å². The molecule has 0 unspecified atom stereocenters. The third-order valence-corrected chi connectivity index (χ3v) is 1.88. The molecule has 0 saturated carbocycles. The van der Waals surface area contributed by atoms with E-state index in [4.69, 9.17) is 10.00 Å². The molecule has 0 aromatic heterocycles. The standard InChI is InChI=1S/C10H8F3NO/c1-15-9-3-2-8(10(11,12)13)6-7(9)4-5-14/h2-3,6H,4H2,1H3. The van der Waals surface area contributed by atoms with Crippen molar-refractivity contribution in [1.82, 2.24) is 0 Å². The largest absolute Gasteiger partial charge is 0.496 e. The van der Waals surface area contributed by atoms with Gasteiger partial charge in [-0.2, -0.15) is 18.4 Å². The Balaban J connectivity index is 3.17. The van der Waals surface area contributed by atoms with Crippen LogP contribution in [-0.2, 0) is 12.6 Å². The molecule has 0 radical (unpaired) electrons. The number of ether oxygens (including phenoxy) is 1. The van der Waals surface area contributed by atoms with E-state index >= 15 is 0 Å². The Bertz CT molecular complexity index is 393. The van der Waals surface area contributed by atoms with Crippen molar-refractivity contribution in [1.29, 1.82) is 5.26 Å². The Labute approximate surface area is 84.9 Å². The van der Waals surface area contributed by atoms with Gasteiger partial charge >= 0.3 is 6.18 Å². The summed E-state index contributed by atoms with van der Waals surface area (Å²) in [6.45, 7) is 0. The van der Waals surface area contributed by atoms with Crippen molar-refractivity contribution in [2.45, 2.75) is 12.6 Å². The molecule has 1 aromatic rings. The maximum atomic E-state index is 12.3. The molecule has 0 spiro atoms. The first-order valence-corrected chi connectivity index (χ1v) is 4.10. The normalized spacial score (nSPS) is 10.9. The zero-order chi connectivity index (χ0) is 11.5. The molecule has 0 aliphatic carbocycles. The number of methoxy groups -OCH3 is 1. The van der Waals surface area contributed by atoms with Crippen molar-refractivity contribution in [3.63, 3.8) is 0 Å². The number of hydrogen-bond acceptors (Lipinski definition) is 2. The molecule has 5 heteroatoms. The molecule has 0 bridgehead atoms. The van der Waals surface area contributed by atoms with Gasteiger partial charge in [-0.15, -0.1) is 0 Å². The fourth-order valence-corrected chi connectivity index (χ4v) is 1.18. The molecule has 0 aliphatic heterocycles. The first kappa shape index (κ1) is 11.4. The SMILES string of the molecule is COc1ccc(C(F)(F)F)cc1CC#N. The maximum Gasteiger partial charge on any atom is 0.416 e. The van der Waals surface area contributed by atoms with Crippen LogP contribution in [0.25, 0.3) is 0 Å². The fraction of sp³-hybridized carbons (Fsp3) is 0.300. The minimum Gasteiger partial charge on any atom is -0.496 e. The first-order valence-electron chi connectivity index (χ1n) is 4.10. The van der Waals surface area contributed by atoms with Crippen LogP contribution < -0.4 is 4.74 Å². The Hall–Kier alpha value is -1.70. The number of alkyl halides is 3. The topological polar surface area (TPSA) is 33.0 Å². The second kappa shape index (κ2) is 4.22. The van der Waals surface area contributed by atoms with Gasteiger partial charge in [-0.25, -0.2) is 0 Å². The van der Waals surface area contributed by atoms with Gasteiger partial charge in [0.2, 0.25) is 0 Å². The second-order valence-corrected chi connectivity index (χ2v) is 2.86. The van der Waals surface area contributed by atoms with E-state index in [-0.39, 0.29) is 12.0 Å². The maximum absolute atomic E-state index is 12.3. The summed E-state index contributed by atoms with van der Waals surface area (Å²) in [6, 6.07) is 4.87. The van der Waals surface area contributed by atoms with Crippen LogP contribution in [-0.4, -0.2) is 7.11 Å². The van der Waals surface area contributed by atoms with Crippen molar-refractivity contribution in [3.8, 4) is 11.8 Å². The third-order valence-electron chi connectivity index (χ3n) is 1.88.